The molecule has 3 aromatic rings. The van der Waals surface area contributed by atoms with Crippen LogP contribution in [0.4, 0.5) is 31.9 Å². The number of nitro groups is 1. The summed E-state index contributed by atoms with van der Waals surface area (Å²) in [5, 5.41) is 14.0. The highest BCUT2D eigenvalue weighted by Gasteiger charge is 2.31. The molecule has 0 fully saturated rings. The number of aromatic nitrogens is 2. The van der Waals surface area contributed by atoms with E-state index >= 15 is 0 Å². The van der Waals surface area contributed by atoms with Crippen LogP contribution in [0.5, 0.6) is 5.75 Å². The number of nitrogens with one attached hydrogen (secondary N) is 1. The van der Waals surface area contributed by atoms with Crippen molar-refractivity contribution in [3.8, 4) is 5.75 Å². The molecule has 9 nitrogen and oxygen atoms in total. The van der Waals surface area contributed by atoms with Gasteiger partial charge in [-0.25, -0.2) is 13.8 Å². The molecule has 0 unspecified atom stereocenters. The third-order valence-corrected chi connectivity index (χ3v) is 4.83. The van der Waals surface area contributed by atoms with E-state index in [9.17, 15) is 18.9 Å². The second kappa shape index (κ2) is 7.69. The molecule has 0 amide bonds. The van der Waals surface area contributed by atoms with Gasteiger partial charge in [-0.2, -0.15) is 4.98 Å². The van der Waals surface area contributed by atoms with E-state index in [1.54, 1.807) is 24.4 Å². The maximum atomic E-state index is 14.1. The molecule has 0 saturated carbocycles. The predicted molar refractivity (Wildman–Crippen MR) is 113 cm³/mol. The fourth-order valence-electron chi connectivity index (χ4n) is 3.41. The van der Waals surface area contributed by atoms with Gasteiger partial charge in [0.05, 0.1) is 11.5 Å². The second-order valence-corrected chi connectivity index (χ2v) is 6.95. The van der Waals surface area contributed by atoms with Gasteiger partial charge in [-0.1, -0.05) is 6.07 Å². The number of non-ortho nitro benzene ring substituents is 1. The number of fused-ring (bicyclic) bond motifs is 3. The second-order valence-electron chi connectivity index (χ2n) is 6.95. The van der Waals surface area contributed by atoms with Crippen molar-refractivity contribution in [3.63, 3.8) is 0 Å². The summed E-state index contributed by atoms with van der Waals surface area (Å²) in [4.78, 5) is 25.5. The van der Waals surface area contributed by atoms with Crippen molar-refractivity contribution in [3.05, 3.63) is 81.7 Å². The van der Waals surface area contributed by atoms with Gasteiger partial charge < -0.3 is 15.0 Å². The SMILES string of the molecule is O=[N+]([O-])c1cccc(Nc2ncc3c(n2)N2CCN=C2C(Oc2ccc(F)cc2F)=C3)c1. The van der Waals surface area contributed by atoms with Gasteiger partial charge in [0.1, 0.15) is 11.6 Å². The van der Waals surface area contributed by atoms with E-state index in [2.05, 4.69) is 20.3 Å². The summed E-state index contributed by atoms with van der Waals surface area (Å²) in [5.74, 6) is -0.0661. The van der Waals surface area contributed by atoms with Crippen LogP contribution in [0.2, 0.25) is 0 Å². The van der Waals surface area contributed by atoms with Crippen molar-refractivity contribution in [2.24, 2.45) is 4.99 Å². The molecule has 11 heteroatoms. The third-order valence-electron chi connectivity index (χ3n) is 4.83. The van der Waals surface area contributed by atoms with Gasteiger partial charge >= 0.3 is 0 Å². The first kappa shape index (κ1) is 19.5. The molecule has 2 aromatic carbocycles. The molecule has 1 aromatic heterocycles. The number of nitro benzene ring substituents is 1. The number of halogens is 2. The summed E-state index contributed by atoms with van der Waals surface area (Å²) in [6, 6.07) is 9.07. The van der Waals surface area contributed by atoms with Gasteiger partial charge in [0, 0.05) is 42.2 Å². The van der Waals surface area contributed by atoms with Crippen LogP contribution in [0.1, 0.15) is 5.56 Å². The van der Waals surface area contributed by atoms with Gasteiger partial charge in [0.15, 0.2) is 23.2 Å². The molecule has 160 valence electrons. The normalized spacial score (nSPS) is 14.2. The quantitative estimate of drug-likeness (QED) is 0.475. The van der Waals surface area contributed by atoms with Crippen LogP contribution in [0, 0.1) is 21.7 Å². The lowest BCUT2D eigenvalue weighted by Gasteiger charge is -2.27. The molecule has 2 aliphatic heterocycles. The maximum absolute atomic E-state index is 14.1. The van der Waals surface area contributed by atoms with E-state index in [0.29, 0.717) is 41.8 Å². The zero-order valence-corrected chi connectivity index (χ0v) is 16.3. The predicted octanol–water partition coefficient (Wildman–Crippen LogP) is 4.06. The highest BCUT2D eigenvalue weighted by atomic mass is 19.1. The Morgan fingerprint density at radius 2 is 2.06 bits per heavy atom. The van der Waals surface area contributed by atoms with Crippen molar-refractivity contribution < 1.29 is 18.4 Å². The molecule has 0 atom stereocenters. The van der Waals surface area contributed by atoms with Crippen LogP contribution in [-0.4, -0.2) is 33.8 Å². The van der Waals surface area contributed by atoms with Crippen molar-refractivity contribution >= 4 is 35.1 Å². The van der Waals surface area contributed by atoms with Crippen molar-refractivity contribution in [1.82, 2.24) is 9.97 Å². The van der Waals surface area contributed by atoms with Crippen molar-refractivity contribution in [2.45, 2.75) is 0 Å². The van der Waals surface area contributed by atoms with E-state index in [1.165, 1.54) is 18.2 Å². The largest absolute Gasteiger partial charge is 0.450 e. The van der Waals surface area contributed by atoms with Crippen LogP contribution in [-0.2, 0) is 0 Å². The van der Waals surface area contributed by atoms with E-state index < -0.39 is 16.6 Å². The standard InChI is InChI=1S/C21H14F2N6O3/c22-13-4-5-17(16(23)9-13)32-18-8-12-11-25-21(27-19(12)28-7-6-24-20(18)28)26-14-2-1-3-15(10-14)29(30)31/h1-5,8-11H,6-7H2,(H,25,26,27). The van der Waals surface area contributed by atoms with Gasteiger partial charge in [-0.05, 0) is 24.3 Å². The number of amidine groups is 1. The molecule has 0 bridgehead atoms. The number of hydrogen-bond donors (Lipinski definition) is 1. The lowest BCUT2D eigenvalue weighted by atomic mass is 10.1. The Balaban J connectivity index is 1.46. The van der Waals surface area contributed by atoms with E-state index in [1.807, 2.05) is 4.90 Å². The molecule has 1 N–H and O–H groups in total. The van der Waals surface area contributed by atoms with Crippen LogP contribution in [0.3, 0.4) is 0 Å². The van der Waals surface area contributed by atoms with E-state index in [-0.39, 0.29) is 17.4 Å². The van der Waals surface area contributed by atoms with Gasteiger partial charge in [-0.15, -0.1) is 0 Å². The number of ether oxygens (including phenoxy) is 1. The molecule has 0 aliphatic carbocycles. The first-order valence-corrected chi connectivity index (χ1v) is 9.53. The minimum atomic E-state index is -0.824. The molecule has 0 radical (unpaired) electrons. The number of hydrogen-bond acceptors (Lipinski definition) is 8. The fourth-order valence-corrected chi connectivity index (χ4v) is 3.41. The summed E-state index contributed by atoms with van der Waals surface area (Å²) in [6.07, 6.45) is 3.19. The Morgan fingerprint density at radius 1 is 1.19 bits per heavy atom. The summed E-state index contributed by atoms with van der Waals surface area (Å²) < 4.78 is 32.9. The zero-order valence-electron chi connectivity index (χ0n) is 16.3. The first-order valence-electron chi connectivity index (χ1n) is 9.53. The van der Waals surface area contributed by atoms with Crippen LogP contribution in [0.15, 0.2) is 59.4 Å². The van der Waals surface area contributed by atoms with E-state index in [4.69, 9.17) is 4.74 Å². The Morgan fingerprint density at radius 3 is 2.88 bits per heavy atom. The first-order chi connectivity index (χ1) is 15.5. The maximum Gasteiger partial charge on any atom is 0.271 e. The molecular weight excluding hydrogens is 422 g/mol. The zero-order chi connectivity index (χ0) is 22.2. The number of rotatable bonds is 5. The summed E-state index contributed by atoms with van der Waals surface area (Å²) >= 11 is 0. The Hall–Kier alpha value is -4.41. The molecule has 32 heavy (non-hydrogen) atoms. The molecule has 5 rings (SSSR count). The highest BCUT2D eigenvalue weighted by Crippen LogP contribution is 2.33. The lowest BCUT2D eigenvalue weighted by molar-refractivity contribution is -0.384. The Bertz CT molecular complexity index is 1310. The summed E-state index contributed by atoms with van der Waals surface area (Å²) in [5.41, 5.74) is 1.03. The van der Waals surface area contributed by atoms with Crippen LogP contribution >= 0.6 is 0 Å². The lowest BCUT2D eigenvalue weighted by Crippen LogP contribution is -2.34. The molecule has 2 aliphatic rings. The average Bonchev–Trinajstić information content (AvgIpc) is 3.27. The molecular formula is C21H14F2N6O3. The summed E-state index contributed by atoms with van der Waals surface area (Å²) in [6.45, 7) is 1.02. The number of benzene rings is 2. The van der Waals surface area contributed by atoms with Gasteiger partial charge in [0.2, 0.25) is 5.95 Å². The molecule has 0 spiro atoms. The van der Waals surface area contributed by atoms with Crippen LogP contribution in [0.25, 0.3) is 6.08 Å². The minimum Gasteiger partial charge on any atom is -0.450 e. The fraction of sp³-hybridized carbons (Fsp3) is 0.0952. The molecule has 3 heterocycles. The monoisotopic (exact) mass is 436 g/mol. The highest BCUT2D eigenvalue weighted by molar-refractivity contribution is 6.15. The molecule has 0 saturated heterocycles. The number of aliphatic imine (C=N–C) groups is 1. The Kier molecular flexibility index (Phi) is 4.70. The van der Waals surface area contributed by atoms with Crippen LogP contribution < -0.4 is 15.0 Å². The number of nitrogens with zero attached hydrogens (tertiary/aromatic N) is 5. The average molecular weight is 436 g/mol. The third kappa shape index (κ3) is 3.60. The Labute approximate surface area is 179 Å². The van der Waals surface area contributed by atoms with Gasteiger partial charge in [0.25, 0.3) is 5.69 Å². The van der Waals surface area contributed by atoms with Crippen molar-refractivity contribution in [2.75, 3.05) is 23.3 Å². The van der Waals surface area contributed by atoms with Crippen molar-refractivity contribution in [1.29, 1.82) is 0 Å². The number of anilines is 3. The summed E-state index contributed by atoms with van der Waals surface area (Å²) in [7, 11) is 0. The van der Waals surface area contributed by atoms with Gasteiger partial charge in [-0.3, -0.25) is 15.1 Å². The topological polar surface area (TPSA) is 106 Å². The van der Waals surface area contributed by atoms with E-state index in [0.717, 1.165) is 12.1 Å². The minimum absolute atomic E-state index is 0.0559. The smallest absolute Gasteiger partial charge is 0.271 e.